The Bertz CT molecular complexity index is 1390. The molecular formula is C27H29BrClN3O5S. The minimum atomic E-state index is -4.18. The summed E-state index contributed by atoms with van der Waals surface area (Å²) in [4.78, 5) is 28.0. The van der Waals surface area contributed by atoms with Crippen LogP contribution in [0.1, 0.15) is 19.4 Å². The molecule has 0 aromatic heterocycles. The zero-order valence-corrected chi connectivity index (χ0v) is 24.4. The van der Waals surface area contributed by atoms with Gasteiger partial charge in [0.15, 0.2) is 0 Å². The lowest BCUT2D eigenvalue weighted by molar-refractivity contribution is -0.139. The first-order valence-electron chi connectivity index (χ1n) is 11.8. The van der Waals surface area contributed by atoms with Crippen LogP contribution in [0.25, 0.3) is 0 Å². The van der Waals surface area contributed by atoms with Gasteiger partial charge in [0.25, 0.3) is 10.0 Å². The van der Waals surface area contributed by atoms with Crippen LogP contribution >= 0.6 is 27.5 Å². The van der Waals surface area contributed by atoms with E-state index >= 15 is 0 Å². The summed E-state index contributed by atoms with van der Waals surface area (Å²) in [6, 6.07) is 18.8. The van der Waals surface area contributed by atoms with E-state index in [4.69, 9.17) is 16.3 Å². The van der Waals surface area contributed by atoms with Gasteiger partial charge in [-0.15, -0.1) is 0 Å². The summed E-state index contributed by atoms with van der Waals surface area (Å²) in [7, 11) is -2.73. The van der Waals surface area contributed by atoms with Crippen LogP contribution in [-0.2, 0) is 26.2 Å². The number of rotatable bonds is 11. The summed E-state index contributed by atoms with van der Waals surface area (Å²) >= 11 is 9.75. The molecule has 0 fully saturated rings. The maximum absolute atomic E-state index is 13.8. The van der Waals surface area contributed by atoms with E-state index in [1.807, 2.05) is 24.3 Å². The van der Waals surface area contributed by atoms with Gasteiger partial charge in [0.1, 0.15) is 18.3 Å². The molecule has 0 aliphatic rings. The molecule has 0 spiro atoms. The van der Waals surface area contributed by atoms with Crippen LogP contribution in [0, 0.1) is 0 Å². The number of carbonyl (C=O) groups is 2. The van der Waals surface area contributed by atoms with Gasteiger partial charge < -0.3 is 15.0 Å². The molecule has 11 heteroatoms. The first-order valence-corrected chi connectivity index (χ1v) is 14.4. The number of hydrogen-bond acceptors (Lipinski definition) is 5. The van der Waals surface area contributed by atoms with Crippen molar-refractivity contribution >= 4 is 55.1 Å². The van der Waals surface area contributed by atoms with Crippen LogP contribution in [0.15, 0.2) is 82.2 Å². The number of halogens is 2. The number of nitrogens with one attached hydrogen (secondary N) is 1. The van der Waals surface area contributed by atoms with Gasteiger partial charge >= 0.3 is 0 Å². The number of amides is 2. The first kappa shape index (κ1) is 29.5. The number of benzene rings is 3. The Hall–Kier alpha value is -3.08. The maximum Gasteiger partial charge on any atom is 0.264 e. The number of carbonyl (C=O) groups excluding carboxylic acids is 2. The highest BCUT2D eigenvalue weighted by atomic mass is 79.9. The second-order valence-electron chi connectivity index (χ2n) is 8.37. The molecule has 202 valence electrons. The first-order chi connectivity index (χ1) is 18.1. The third kappa shape index (κ3) is 7.06. The molecule has 1 unspecified atom stereocenters. The lowest BCUT2D eigenvalue weighted by Crippen LogP contribution is -2.51. The molecule has 0 heterocycles. The van der Waals surface area contributed by atoms with E-state index < -0.39 is 28.5 Å². The molecule has 1 atom stereocenters. The number of ether oxygens (including phenoxy) is 1. The van der Waals surface area contributed by atoms with Crippen molar-refractivity contribution in [2.45, 2.75) is 31.3 Å². The standard InChI is InChI=1S/C27H29BrClN3O5S/c1-4-30-27(34)19(2)31(17-20-9-8-10-21(28)15-20)26(33)18-32(22-13-14-25(37-3)24(29)16-22)38(35,36)23-11-6-5-7-12-23/h5-16,19H,4,17-18H2,1-3H3,(H,30,34). The predicted octanol–water partition coefficient (Wildman–Crippen LogP) is 4.86. The third-order valence-corrected chi connectivity index (χ3v) is 8.37. The van der Waals surface area contributed by atoms with E-state index in [1.165, 1.54) is 42.3 Å². The Morgan fingerprint density at radius 2 is 1.76 bits per heavy atom. The summed E-state index contributed by atoms with van der Waals surface area (Å²) in [6.45, 7) is 3.32. The Kier molecular flexibility index (Phi) is 10.2. The van der Waals surface area contributed by atoms with Crippen molar-refractivity contribution in [2.24, 2.45) is 0 Å². The highest BCUT2D eigenvalue weighted by molar-refractivity contribution is 9.10. The van der Waals surface area contributed by atoms with Gasteiger partial charge in [-0.05, 0) is 61.9 Å². The molecular weight excluding hydrogens is 594 g/mol. The van der Waals surface area contributed by atoms with Crippen LogP contribution in [0.4, 0.5) is 5.69 Å². The second kappa shape index (κ2) is 13.1. The average molecular weight is 623 g/mol. The smallest absolute Gasteiger partial charge is 0.264 e. The van der Waals surface area contributed by atoms with Crippen molar-refractivity contribution in [3.8, 4) is 5.75 Å². The lowest BCUT2D eigenvalue weighted by atomic mass is 10.1. The molecule has 0 bridgehead atoms. The van der Waals surface area contributed by atoms with E-state index in [0.29, 0.717) is 12.3 Å². The SMILES string of the molecule is CCNC(=O)C(C)N(Cc1cccc(Br)c1)C(=O)CN(c1ccc(OC)c(Cl)c1)S(=O)(=O)c1ccccc1. The topological polar surface area (TPSA) is 96.0 Å². The molecule has 0 saturated heterocycles. The Balaban J connectivity index is 2.05. The minimum absolute atomic E-state index is 0.00931. The fraction of sp³-hybridized carbons (Fsp3) is 0.259. The van der Waals surface area contributed by atoms with Crippen LogP contribution in [0.5, 0.6) is 5.75 Å². The van der Waals surface area contributed by atoms with E-state index in [0.717, 1.165) is 14.3 Å². The number of hydrogen-bond donors (Lipinski definition) is 1. The summed E-state index contributed by atoms with van der Waals surface area (Å²) in [5, 5.41) is 2.92. The maximum atomic E-state index is 13.8. The van der Waals surface area contributed by atoms with Gasteiger partial charge in [-0.3, -0.25) is 13.9 Å². The molecule has 0 aliphatic carbocycles. The van der Waals surface area contributed by atoms with E-state index in [2.05, 4.69) is 21.2 Å². The molecule has 3 rings (SSSR count). The number of methoxy groups -OCH3 is 1. The molecule has 0 aliphatic heterocycles. The number of sulfonamides is 1. The van der Waals surface area contributed by atoms with Crippen molar-refractivity contribution < 1.29 is 22.7 Å². The Labute approximate surface area is 236 Å². The molecule has 2 amide bonds. The van der Waals surface area contributed by atoms with E-state index in [-0.39, 0.29) is 28.1 Å². The number of nitrogens with zero attached hydrogens (tertiary/aromatic N) is 2. The third-order valence-electron chi connectivity index (χ3n) is 5.79. The number of likely N-dealkylation sites (N-methyl/N-ethyl adjacent to an activating group) is 1. The second-order valence-corrected chi connectivity index (χ2v) is 11.6. The van der Waals surface area contributed by atoms with Crippen LogP contribution in [-0.4, -0.2) is 51.4 Å². The molecule has 0 radical (unpaired) electrons. The molecule has 3 aromatic rings. The van der Waals surface area contributed by atoms with Crippen LogP contribution in [0.2, 0.25) is 5.02 Å². The van der Waals surface area contributed by atoms with Gasteiger partial charge in [0, 0.05) is 17.6 Å². The minimum Gasteiger partial charge on any atom is -0.495 e. The zero-order chi connectivity index (χ0) is 27.9. The van der Waals surface area contributed by atoms with Gasteiger partial charge in [-0.25, -0.2) is 8.42 Å². The molecule has 0 saturated carbocycles. The van der Waals surface area contributed by atoms with Crippen molar-refractivity contribution in [3.05, 3.63) is 87.9 Å². The monoisotopic (exact) mass is 621 g/mol. The zero-order valence-electron chi connectivity index (χ0n) is 21.2. The summed E-state index contributed by atoms with van der Waals surface area (Å²) in [5.74, 6) is -0.545. The van der Waals surface area contributed by atoms with Crippen LogP contribution in [0.3, 0.4) is 0 Å². The summed E-state index contributed by atoms with van der Waals surface area (Å²) < 4.78 is 34.5. The van der Waals surface area contributed by atoms with Gasteiger partial charge in [0.2, 0.25) is 11.8 Å². The summed E-state index contributed by atoms with van der Waals surface area (Å²) in [5.41, 5.74) is 0.954. The van der Waals surface area contributed by atoms with Crippen molar-refractivity contribution in [3.63, 3.8) is 0 Å². The highest BCUT2D eigenvalue weighted by Crippen LogP contribution is 2.32. The Morgan fingerprint density at radius 3 is 2.37 bits per heavy atom. The lowest BCUT2D eigenvalue weighted by Gasteiger charge is -2.32. The molecule has 1 N–H and O–H groups in total. The predicted molar refractivity (Wildman–Crippen MR) is 152 cm³/mol. The average Bonchev–Trinajstić information content (AvgIpc) is 2.90. The Morgan fingerprint density at radius 1 is 1.05 bits per heavy atom. The number of anilines is 1. The molecule has 3 aromatic carbocycles. The van der Waals surface area contributed by atoms with E-state index in [1.54, 1.807) is 32.0 Å². The fourth-order valence-corrected chi connectivity index (χ4v) is 5.92. The van der Waals surface area contributed by atoms with Gasteiger partial charge in [0.05, 0.1) is 22.7 Å². The highest BCUT2D eigenvalue weighted by Gasteiger charge is 2.32. The largest absolute Gasteiger partial charge is 0.495 e. The van der Waals surface area contributed by atoms with Gasteiger partial charge in [-0.2, -0.15) is 0 Å². The molecule has 8 nitrogen and oxygen atoms in total. The fourth-order valence-electron chi connectivity index (χ4n) is 3.80. The quantitative estimate of drug-likeness (QED) is 0.330. The van der Waals surface area contributed by atoms with E-state index in [9.17, 15) is 18.0 Å². The van der Waals surface area contributed by atoms with Gasteiger partial charge in [-0.1, -0.05) is 57.9 Å². The van der Waals surface area contributed by atoms with Crippen LogP contribution < -0.4 is 14.4 Å². The van der Waals surface area contributed by atoms with Crippen molar-refractivity contribution in [1.29, 1.82) is 0 Å². The van der Waals surface area contributed by atoms with Crippen molar-refractivity contribution in [1.82, 2.24) is 10.2 Å². The normalized spacial score (nSPS) is 11.9. The molecule has 38 heavy (non-hydrogen) atoms. The summed E-state index contributed by atoms with van der Waals surface area (Å²) in [6.07, 6.45) is 0. The van der Waals surface area contributed by atoms with Crippen molar-refractivity contribution in [2.75, 3.05) is 24.5 Å².